The van der Waals surface area contributed by atoms with Crippen LogP contribution in [-0.4, -0.2) is 33.9 Å². The average Bonchev–Trinajstić information content (AvgIpc) is 2.47. The van der Waals surface area contributed by atoms with Crippen molar-refractivity contribution in [3.8, 4) is 0 Å². The molecule has 0 bridgehead atoms. The molecule has 0 aromatic heterocycles. The quantitative estimate of drug-likeness (QED) is 0.525. The van der Waals surface area contributed by atoms with E-state index in [1.807, 2.05) is 30.3 Å². The van der Waals surface area contributed by atoms with Gasteiger partial charge in [0.2, 0.25) is 5.91 Å². The Kier molecular flexibility index (Phi) is 6.33. The lowest BCUT2D eigenvalue weighted by atomic mass is 10.0. The Bertz CT molecular complexity index is 478. The summed E-state index contributed by atoms with van der Waals surface area (Å²) >= 11 is 0. The van der Waals surface area contributed by atoms with Crippen LogP contribution in [0.5, 0.6) is 0 Å². The molecule has 0 fully saturated rings. The Morgan fingerprint density at radius 3 is 2.48 bits per heavy atom. The maximum atomic E-state index is 11.8. The summed E-state index contributed by atoms with van der Waals surface area (Å²) in [4.78, 5) is 22.9. The number of carboxylic acid groups (broad SMARTS) is 1. The number of aryl methyl sites for hydroxylation is 1. The summed E-state index contributed by atoms with van der Waals surface area (Å²) in [7, 11) is 0. The van der Waals surface area contributed by atoms with Crippen LogP contribution in [0.25, 0.3) is 0 Å². The van der Waals surface area contributed by atoms with E-state index >= 15 is 0 Å². The van der Waals surface area contributed by atoms with Gasteiger partial charge in [-0.05, 0) is 24.8 Å². The molecular formula is C15H22N2O4. The van der Waals surface area contributed by atoms with Crippen molar-refractivity contribution in [3.05, 3.63) is 35.9 Å². The lowest BCUT2D eigenvalue weighted by Crippen LogP contribution is -2.64. The molecule has 1 aromatic carbocycles. The standard InChI is InChI=1S/C15H22N2O4/c1-2-12(16)15(21,14(19)20)17-13(18)10-6-9-11-7-4-3-5-8-11/h3-5,7-8,12,21H,2,6,9-10,16H2,1H3,(H,17,18)(H,19,20)/t12-,15+/m1/s1. The maximum absolute atomic E-state index is 11.8. The van der Waals surface area contributed by atoms with Crippen LogP contribution in [0.15, 0.2) is 30.3 Å². The predicted octanol–water partition coefficient (Wildman–Crippen LogP) is 0.636. The van der Waals surface area contributed by atoms with Gasteiger partial charge < -0.3 is 21.3 Å². The third-order valence-corrected chi connectivity index (χ3v) is 3.34. The molecule has 21 heavy (non-hydrogen) atoms. The summed E-state index contributed by atoms with van der Waals surface area (Å²) in [6.45, 7) is 1.64. The first-order valence-electron chi connectivity index (χ1n) is 6.96. The van der Waals surface area contributed by atoms with Gasteiger partial charge in [0.25, 0.3) is 5.72 Å². The van der Waals surface area contributed by atoms with Gasteiger partial charge in [0, 0.05) is 6.42 Å². The number of amides is 1. The molecule has 0 aliphatic heterocycles. The van der Waals surface area contributed by atoms with Gasteiger partial charge in [-0.3, -0.25) is 4.79 Å². The second kappa shape index (κ2) is 7.75. The van der Waals surface area contributed by atoms with Crippen molar-refractivity contribution < 1.29 is 19.8 Å². The van der Waals surface area contributed by atoms with Crippen molar-refractivity contribution in [2.24, 2.45) is 5.73 Å². The van der Waals surface area contributed by atoms with Crippen LogP contribution in [0.4, 0.5) is 0 Å². The molecule has 0 saturated carbocycles. The monoisotopic (exact) mass is 294 g/mol. The number of hydrogen-bond acceptors (Lipinski definition) is 4. The molecule has 1 amide bonds. The first-order valence-corrected chi connectivity index (χ1v) is 6.96. The highest BCUT2D eigenvalue weighted by atomic mass is 16.4. The van der Waals surface area contributed by atoms with Gasteiger partial charge >= 0.3 is 5.97 Å². The second-order valence-corrected chi connectivity index (χ2v) is 4.97. The lowest BCUT2D eigenvalue weighted by Gasteiger charge is -2.29. The number of rotatable bonds is 8. The molecule has 5 N–H and O–H groups in total. The van der Waals surface area contributed by atoms with Crippen LogP contribution in [-0.2, 0) is 16.0 Å². The third kappa shape index (κ3) is 4.84. The molecule has 6 nitrogen and oxygen atoms in total. The van der Waals surface area contributed by atoms with Crippen molar-refractivity contribution in [1.82, 2.24) is 5.32 Å². The van der Waals surface area contributed by atoms with Gasteiger partial charge in [-0.15, -0.1) is 0 Å². The van der Waals surface area contributed by atoms with Crippen LogP contribution < -0.4 is 11.1 Å². The van der Waals surface area contributed by atoms with E-state index in [0.29, 0.717) is 12.8 Å². The van der Waals surface area contributed by atoms with E-state index in [4.69, 9.17) is 10.8 Å². The minimum Gasteiger partial charge on any atom is -0.478 e. The van der Waals surface area contributed by atoms with E-state index in [1.165, 1.54) is 0 Å². The van der Waals surface area contributed by atoms with Gasteiger partial charge in [0.1, 0.15) is 0 Å². The van der Waals surface area contributed by atoms with Crippen molar-refractivity contribution >= 4 is 11.9 Å². The van der Waals surface area contributed by atoms with Gasteiger partial charge in [-0.1, -0.05) is 37.3 Å². The van der Waals surface area contributed by atoms with Crippen molar-refractivity contribution in [2.45, 2.75) is 44.4 Å². The number of aliphatic hydroxyl groups is 1. The Labute approximate surface area is 124 Å². The van der Waals surface area contributed by atoms with E-state index in [0.717, 1.165) is 5.56 Å². The van der Waals surface area contributed by atoms with Crippen molar-refractivity contribution in [2.75, 3.05) is 0 Å². The largest absolute Gasteiger partial charge is 0.478 e. The molecule has 0 radical (unpaired) electrons. The Morgan fingerprint density at radius 2 is 1.95 bits per heavy atom. The van der Waals surface area contributed by atoms with Gasteiger partial charge in [-0.25, -0.2) is 4.79 Å². The van der Waals surface area contributed by atoms with Gasteiger partial charge in [-0.2, -0.15) is 0 Å². The van der Waals surface area contributed by atoms with Gasteiger partial charge in [0.15, 0.2) is 0 Å². The minimum atomic E-state index is -2.42. The summed E-state index contributed by atoms with van der Waals surface area (Å²) in [5.41, 5.74) is 4.26. The molecule has 0 heterocycles. The number of carboxylic acids is 1. The van der Waals surface area contributed by atoms with E-state index in [-0.39, 0.29) is 12.8 Å². The molecule has 0 aliphatic rings. The number of benzene rings is 1. The number of carbonyl (C=O) groups is 2. The first-order chi connectivity index (χ1) is 9.90. The molecule has 1 rings (SSSR count). The van der Waals surface area contributed by atoms with E-state index in [1.54, 1.807) is 6.92 Å². The molecule has 0 spiro atoms. The molecule has 116 valence electrons. The second-order valence-electron chi connectivity index (χ2n) is 4.97. The number of nitrogens with one attached hydrogen (secondary N) is 1. The Hall–Kier alpha value is -1.92. The zero-order valence-corrected chi connectivity index (χ0v) is 12.1. The zero-order valence-electron chi connectivity index (χ0n) is 12.1. The third-order valence-electron chi connectivity index (χ3n) is 3.34. The minimum absolute atomic E-state index is 0.126. The summed E-state index contributed by atoms with van der Waals surface area (Å²) in [6.07, 6.45) is 1.63. The van der Waals surface area contributed by atoms with E-state index < -0.39 is 23.6 Å². The number of nitrogens with two attached hydrogens (primary N) is 1. The fraction of sp³-hybridized carbons (Fsp3) is 0.467. The molecule has 0 saturated heterocycles. The summed E-state index contributed by atoms with van der Waals surface area (Å²) in [6, 6.07) is 8.59. The number of aliphatic carboxylic acids is 1. The van der Waals surface area contributed by atoms with Crippen LogP contribution in [0, 0.1) is 0 Å². The van der Waals surface area contributed by atoms with Crippen LogP contribution in [0.3, 0.4) is 0 Å². The highest BCUT2D eigenvalue weighted by molar-refractivity contribution is 5.86. The first kappa shape index (κ1) is 17.1. The molecule has 0 unspecified atom stereocenters. The topological polar surface area (TPSA) is 113 Å². The van der Waals surface area contributed by atoms with E-state index in [2.05, 4.69) is 5.32 Å². The van der Waals surface area contributed by atoms with Crippen LogP contribution in [0.2, 0.25) is 0 Å². The molecule has 1 aromatic rings. The highest BCUT2D eigenvalue weighted by Crippen LogP contribution is 2.10. The summed E-state index contributed by atoms with van der Waals surface area (Å²) in [5.74, 6) is -2.08. The number of hydrogen-bond donors (Lipinski definition) is 4. The Morgan fingerprint density at radius 1 is 1.33 bits per heavy atom. The molecule has 0 aliphatic carbocycles. The van der Waals surface area contributed by atoms with Gasteiger partial charge in [0.05, 0.1) is 6.04 Å². The summed E-state index contributed by atoms with van der Waals surface area (Å²) in [5, 5.41) is 21.2. The van der Waals surface area contributed by atoms with Crippen molar-refractivity contribution in [3.63, 3.8) is 0 Å². The smallest absolute Gasteiger partial charge is 0.358 e. The lowest BCUT2D eigenvalue weighted by molar-refractivity contribution is -0.168. The average molecular weight is 294 g/mol. The fourth-order valence-electron chi connectivity index (χ4n) is 1.97. The fourth-order valence-corrected chi connectivity index (χ4v) is 1.97. The predicted molar refractivity (Wildman–Crippen MR) is 78.4 cm³/mol. The highest BCUT2D eigenvalue weighted by Gasteiger charge is 2.43. The molecular weight excluding hydrogens is 272 g/mol. The van der Waals surface area contributed by atoms with Crippen LogP contribution in [0.1, 0.15) is 31.7 Å². The normalized spacial score (nSPS) is 15.0. The van der Waals surface area contributed by atoms with E-state index in [9.17, 15) is 14.7 Å². The van der Waals surface area contributed by atoms with Crippen LogP contribution >= 0.6 is 0 Å². The zero-order chi connectivity index (χ0) is 15.9. The molecule has 2 atom stereocenters. The summed E-state index contributed by atoms with van der Waals surface area (Å²) < 4.78 is 0. The molecule has 6 heteroatoms. The maximum Gasteiger partial charge on any atom is 0.358 e. The Balaban J connectivity index is 2.50. The SMILES string of the molecule is CC[C@@H](N)[C@@](O)(NC(=O)CCCc1ccccc1)C(=O)O. The number of carbonyl (C=O) groups excluding carboxylic acids is 1. The van der Waals surface area contributed by atoms with Crippen molar-refractivity contribution in [1.29, 1.82) is 0 Å².